The third-order valence-electron chi connectivity index (χ3n) is 6.32. The third kappa shape index (κ3) is 4.54. The Morgan fingerprint density at radius 2 is 1.96 bits per heavy atom. The van der Waals surface area contributed by atoms with E-state index in [0.29, 0.717) is 37.5 Å². The van der Waals surface area contributed by atoms with Gasteiger partial charge in [-0.1, -0.05) is 31.0 Å². The second-order valence-corrected chi connectivity index (χ2v) is 8.00. The molecule has 154 valence electrons. The summed E-state index contributed by atoms with van der Waals surface area (Å²) in [6.07, 6.45) is 5.83. The van der Waals surface area contributed by atoms with Gasteiger partial charge < -0.3 is 15.1 Å². The number of piperidine rings is 1. The smallest absolute Gasteiger partial charge is 0.225 e. The summed E-state index contributed by atoms with van der Waals surface area (Å²) in [4.78, 5) is 29.4. The molecule has 0 unspecified atom stereocenters. The zero-order valence-corrected chi connectivity index (χ0v) is 17.0. The van der Waals surface area contributed by atoms with Gasteiger partial charge in [0, 0.05) is 37.7 Å². The number of nitrogens with one attached hydrogen (secondary N) is 1. The summed E-state index contributed by atoms with van der Waals surface area (Å²) in [6, 6.07) is 6.55. The minimum atomic E-state index is -0.542. The molecule has 2 atom stereocenters. The molecule has 2 amide bonds. The van der Waals surface area contributed by atoms with Gasteiger partial charge in [-0.3, -0.25) is 9.59 Å². The largest absolute Gasteiger partial charge is 0.354 e. The molecule has 0 radical (unpaired) electrons. The number of rotatable bonds is 7. The Balaban J connectivity index is 1.68. The van der Waals surface area contributed by atoms with E-state index >= 15 is 0 Å². The molecule has 0 aromatic heterocycles. The number of hydrogen-bond donors (Lipinski definition) is 1. The number of amides is 2. The van der Waals surface area contributed by atoms with Gasteiger partial charge in [0.2, 0.25) is 11.8 Å². The topological polar surface area (TPSA) is 52.7 Å². The number of hydrogen-bond acceptors (Lipinski definition) is 3. The maximum absolute atomic E-state index is 14.5. The average Bonchev–Trinajstić information content (AvgIpc) is 3.23. The quantitative estimate of drug-likeness (QED) is 0.780. The summed E-state index contributed by atoms with van der Waals surface area (Å²) in [6.45, 7) is 3.73. The van der Waals surface area contributed by atoms with E-state index in [9.17, 15) is 14.0 Å². The van der Waals surface area contributed by atoms with Gasteiger partial charge in [-0.2, -0.15) is 0 Å². The summed E-state index contributed by atoms with van der Waals surface area (Å²) in [5, 5.41) is 3.04. The molecule has 2 aliphatic rings. The Morgan fingerprint density at radius 3 is 2.64 bits per heavy atom. The van der Waals surface area contributed by atoms with Crippen LogP contribution in [-0.2, 0) is 9.59 Å². The van der Waals surface area contributed by atoms with E-state index in [-0.39, 0.29) is 17.6 Å². The van der Waals surface area contributed by atoms with Gasteiger partial charge in [0.25, 0.3) is 0 Å². The molecule has 1 aliphatic carbocycles. The van der Waals surface area contributed by atoms with Gasteiger partial charge >= 0.3 is 0 Å². The van der Waals surface area contributed by atoms with E-state index in [4.69, 9.17) is 0 Å². The number of likely N-dealkylation sites (N-methyl/N-ethyl adjacent to an activating group) is 1. The first-order valence-electron chi connectivity index (χ1n) is 10.5. The van der Waals surface area contributed by atoms with E-state index in [1.165, 1.54) is 31.7 Å². The Bertz CT molecular complexity index is 690. The lowest BCUT2D eigenvalue weighted by molar-refractivity contribution is -0.143. The van der Waals surface area contributed by atoms with Crippen LogP contribution in [0.25, 0.3) is 0 Å². The summed E-state index contributed by atoms with van der Waals surface area (Å²) in [5.41, 5.74) is 0.431. The number of carbonyl (C=O) groups is 2. The van der Waals surface area contributed by atoms with E-state index < -0.39 is 12.0 Å². The molecule has 0 spiro atoms. The molecular formula is C22H32FN3O2. The van der Waals surface area contributed by atoms with E-state index in [2.05, 4.69) is 17.3 Å². The zero-order valence-electron chi connectivity index (χ0n) is 17.0. The molecule has 28 heavy (non-hydrogen) atoms. The lowest BCUT2D eigenvalue weighted by Gasteiger charge is -2.40. The molecule has 1 aromatic rings. The summed E-state index contributed by atoms with van der Waals surface area (Å²) < 4.78 is 14.5. The second-order valence-electron chi connectivity index (χ2n) is 8.00. The number of nitrogens with zero attached hydrogens (tertiary/aromatic N) is 2. The molecule has 5 nitrogen and oxygen atoms in total. The average molecular weight is 390 g/mol. The lowest BCUT2D eigenvalue weighted by atomic mass is 9.83. The molecule has 1 saturated carbocycles. The second kappa shape index (κ2) is 9.50. The fraction of sp³-hybridized carbons (Fsp3) is 0.636. The van der Waals surface area contributed by atoms with Crippen molar-refractivity contribution in [3.05, 3.63) is 35.6 Å². The molecule has 2 fully saturated rings. The van der Waals surface area contributed by atoms with Crippen molar-refractivity contribution in [2.75, 3.05) is 26.7 Å². The first-order valence-corrected chi connectivity index (χ1v) is 10.5. The summed E-state index contributed by atoms with van der Waals surface area (Å²) in [7, 11) is 2.11. The van der Waals surface area contributed by atoms with Gasteiger partial charge in [-0.25, -0.2) is 4.39 Å². The molecule has 1 N–H and O–H groups in total. The summed E-state index contributed by atoms with van der Waals surface area (Å²) >= 11 is 0. The molecular weight excluding hydrogens is 357 g/mol. The van der Waals surface area contributed by atoms with Crippen LogP contribution in [0, 0.1) is 11.7 Å². The standard InChI is InChI=1S/C22H32FN3O2/c1-3-26-20(27)13-12-18(21(26)17-10-6-7-11-19(17)23)22(28)24-14-15-25(2)16-8-4-5-9-16/h6-7,10-11,16,18,21H,3-5,8-9,12-15H2,1-2H3,(H,24,28)/t18-,21+/m1/s1. The highest BCUT2D eigenvalue weighted by Crippen LogP contribution is 2.37. The number of likely N-dealkylation sites (tertiary alicyclic amines) is 1. The fourth-order valence-corrected chi connectivity index (χ4v) is 4.71. The highest BCUT2D eigenvalue weighted by Gasteiger charge is 2.40. The van der Waals surface area contributed by atoms with Crippen molar-refractivity contribution in [3.8, 4) is 0 Å². The van der Waals surface area contributed by atoms with Crippen LogP contribution < -0.4 is 5.32 Å². The predicted molar refractivity (Wildman–Crippen MR) is 107 cm³/mol. The maximum Gasteiger partial charge on any atom is 0.225 e. The lowest BCUT2D eigenvalue weighted by Crippen LogP contribution is -2.49. The Labute approximate surface area is 167 Å². The molecule has 1 aromatic carbocycles. The van der Waals surface area contributed by atoms with Crippen LogP contribution in [0.4, 0.5) is 4.39 Å². The first-order chi connectivity index (χ1) is 13.5. The first kappa shape index (κ1) is 20.8. The number of carbonyl (C=O) groups excluding carboxylic acids is 2. The van der Waals surface area contributed by atoms with E-state index in [1.54, 1.807) is 23.1 Å². The van der Waals surface area contributed by atoms with Crippen molar-refractivity contribution in [1.29, 1.82) is 0 Å². The summed E-state index contributed by atoms with van der Waals surface area (Å²) in [5.74, 6) is -0.884. The van der Waals surface area contributed by atoms with Crippen LogP contribution in [-0.4, -0.2) is 54.3 Å². The predicted octanol–water partition coefficient (Wildman–Crippen LogP) is 3.12. The van der Waals surface area contributed by atoms with Crippen molar-refractivity contribution in [1.82, 2.24) is 15.1 Å². The Hall–Kier alpha value is -1.95. The van der Waals surface area contributed by atoms with Gasteiger partial charge in [0.1, 0.15) is 5.82 Å². The van der Waals surface area contributed by atoms with Crippen LogP contribution in [0.15, 0.2) is 24.3 Å². The monoisotopic (exact) mass is 389 g/mol. The molecule has 3 rings (SSSR count). The Morgan fingerprint density at radius 1 is 1.25 bits per heavy atom. The van der Waals surface area contributed by atoms with Crippen molar-refractivity contribution < 1.29 is 14.0 Å². The zero-order chi connectivity index (χ0) is 20.1. The van der Waals surface area contributed by atoms with Crippen LogP contribution in [0.3, 0.4) is 0 Å². The van der Waals surface area contributed by atoms with Crippen LogP contribution in [0.1, 0.15) is 57.1 Å². The van der Waals surface area contributed by atoms with Gasteiger partial charge in [-0.05, 0) is 39.3 Å². The van der Waals surface area contributed by atoms with Crippen molar-refractivity contribution in [2.24, 2.45) is 5.92 Å². The van der Waals surface area contributed by atoms with Gasteiger partial charge in [-0.15, -0.1) is 0 Å². The molecule has 6 heteroatoms. The van der Waals surface area contributed by atoms with Crippen molar-refractivity contribution in [2.45, 2.75) is 57.5 Å². The fourth-order valence-electron chi connectivity index (χ4n) is 4.71. The number of halogens is 1. The minimum absolute atomic E-state index is 0.0132. The Kier molecular flexibility index (Phi) is 7.05. The number of benzene rings is 1. The van der Waals surface area contributed by atoms with E-state index in [1.807, 2.05) is 6.92 Å². The minimum Gasteiger partial charge on any atom is -0.354 e. The SMILES string of the molecule is CCN1C(=O)CC[C@@H](C(=O)NCCN(C)C2CCCC2)[C@@H]1c1ccccc1F. The highest BCUT2D eigenvalue weighted by molar-refractivity contribution is 5.85. The van der Waals surface area contributed by atoms with Gasteiger partial charge in [0.15, 0.2) is 0 Å². The van der Waals surface area contributed by atoms with Crippen LogP contribution in [0.2, 0.25) is 0 Å². The van der Waals surface area contributed by atoms with Gasteiger partial charge in [0.05, 0.1) is 12.0 Å². The van der Waals surface area contributed by atoms with Crippen LogP contribution >= 0.6 is 0 Å². The van der Waals surface area contributed by atoms with Crippen molar-refractivity contribution >= 4 is 11.8 Å². The van der Waals surface area contributed by atoms with Crippen molar-refractivity contribution in [3.63, 3.8) is 0 Å². The van der Waals surface area contributed by atoms with Crippen LogP contribution in [0.5, 0.6) is 0 Å². The highest BCUT2D eigenvalue weighted by atomic mass is 19.1. The maximum atomic E-state index is 14.5. The van der Waals surface area contributed by atoms with E-state index in [0.717, 1.165) is 6.54 Å². The normalized spacial score (nSPS) is 23.4. The molecule has 0 bridgehead atoms. The molecule has 1 heterocycles. The molecule has 1 aliphatic heterocycles. The third-order valence-corrected chi connectivity index (χ3v) is 6.32. The molecule has 1 saturated heterocycles.